The lowest BCUT2D eigenvalue weighted by Crippen LogP contribution is -2.48. The van der Waals surface area contributed by atoms with Gasteiger partial charge in [0.15, 0.2) is 0 Å². The number of nitrogens with one attached hydrogen (secondary N) is 1. The molecule has 114 valence electrons. The molecule has 0 atom stereocenters. The second-order valence-electron chi connectivity index (χ2n) is 5.75. The molecule has 0 aromatic carbocycles. The summed E-state index contributed by atoms with van der Waals surface area (Å²) in [6.07, 6.45) is 3.86. The monoisotopic (exact) mass is 354 g/mol. The van der Waals surface area contributed by atoms with Gasteiger partial charge in [0.25, 0.3) is 10.2 Å². The van der Waals surface area contributed by atoms with Crippen LogP contribution in [0.15, 0.2) is 0 Å². The molecule has 1 saturated heterocycles. The third kappa shape index (κ3) is 4.69. The van der Waals surface area contributed by atoms with E-state index in [0.717, 1.165) is 31.0 Å². The van der Waals surface area contributed by atoms with Crippen LogP contribution in [0.3, 0.4) is 0 Å². The van der Waals surface area contributed by atoms with E-state index in [1.54, 1.807) is 4.31 Å². The van der Waals surface area contributed by atoms with Crippen LogP contribution in [0, 0.1) is 11.3 Å². The summed E-state index contributed by atoms with van der Waals surface area (Å²) >= 11 is 3.52. The second-order valence-corrected chi connectivity index (χ2v) is 8.06. The van der Waals surface area contributed by atoms with E-state index in [2.05, 4.69) is 41.4 Å². The molecule has 1 aliphatic heterocycles. The van der Waals surface area contributed by atoms with E-state index < -0.39 is 10.2 Å². The Morgan fingerprint density at radius 1 is 1.26 bits per heavy atom. The number of nitrogens with zero attached hydrogens (tertiary/aromatic N) is 1. The summed E-state index contributed by atoms with van der Waals surface area (Å²) in [4.78, 5) is 0. The van der Waals surface area contributed by atoms with Crippen LogP contribution >= 0.6 is 15.9 Å². The van der Waals surface area contributed by atoms with E-state index in [1.165, 1.54) is 0 Å². The van der Waals surface area contributed by atoms with Gasteiger partial charge in [0.2, 0.25) is 0 Å². The molecule has 1 heterocycles. The molecule has 1 rings (SSSR count). The maximum atomic E-state index is 12.3. The Morgan fingerprint density at radius 3 is 2.21 bits per heavy atom. The molecular weight excluding hydrogens is 328 g/mol. The predicted molar refractivity (Wildman–Crippen MR) is 83.7 cm³/mol. The molecule has 0 aromatic rings. The highest BCUT2D eigenvalue weighted by Crippen LogP contribution is 2.28. The van der Waals surface area contributed by atoms with E-state index in [1.807, 2.05) is 0 Å². The molecule has 19 heavy (non-hydrogen) atoms. The number of alkyl halides is 1. The highest BCUT2D eigenvalue weighted by atomic mass is 79.9. The van der Waals surface area contributed by atoms with Gasteiger partial charge in [0.05, 0.1) is 0 Å². The van der Waals surface area contributed by atoms with Gasteiger partial charge in [-0.3, -0.25) is 0 Å². The third-order valence-corrected chi connectivity index (χ3v) is 7.24. The van der Waals surface area contributed by atoms with E-state index in [-0.39, 0.29) is 5.41 Å². The minimum Gasteiger partial charge on any atom is -0.202 e. The first-order valence-electron chi connectivity index (χ1n) is 7.20. The molecule has 4 nitrogen and oxygen atoms in total. The van der Waals surface area contributed by atoms with Crippen molar-refractivity contribution in [1.29, 1.82) is 0 Å². The van der Waals surface area contributed by atoms with Crippen molar-refractivity contribution in [3.63, 3.8) is 0 Å². The molecule has 0 amide bonds. The fraction of sp³-hybridized carbons (Fsp3) is 1.00. The van der Waals surface area contributed by atoms with Crippen molar-refractivity contribution >= 4 is 26.1 Å². The fourth-order valence-electron chi connectivity index (χ4n) is 2.30. The van der Waals surface area contributed by atoms with Crippen molar-refractivity contribution in [2.75, 3.05) is 25.0 Å². The highest BCUT2D eigenvalue weighted by Gasteiger charge is 2.30. The Hall–Kier alpha value is 0.350. The molecule has 0 radical (unpaired) electrons. The molecule has 1 N–H and O–H groups in total. The lowest BCUT2D eigenvalue weighted by molar-refractivity contribution is 0.274. The van der Waals surface area contributed by atoms with Crippen LogP contribution in [0.2, 0.25) is 0 Å². The maximum absolute atomic E-state index is 12.3. The number of hydrogen-bond acceptors (Lipinski definition) is 2. The topological polar surface area (TPSA) is 49.4 Å². The summed E-state index contributed by atoms with van der Waals surface area (Å²) < 4.78 is 29.0. The van der Waals surface area contributed by atoms with Crippen molar-refractivity contribution in [3.05, 3.63) is 0 Å². The Morgan fingerprint density at radius 2 is 1.79 bits per heavy atom. The molecule has 1 fully saturated rings. The first kappa shape index (κ1) is 17.4. The van der Waals surface area contributed by atoms with Crippen molar-refractivity contribution in [3.8, 4) is 0 Å². The number of hydrogen-bond donors (Lipinski definition) is 1. The summed E-state index contributed by atoms with van der Waals surface area (Å²) in [6.45, 7) is 8.22. The minimum absolute atomic E-state index is 0.0240. The van der Waals surface area contributed by atoms with Gasteiger partial charge in [-0.05, 0) is 37.0 Å². The SMILES string of the molecule is CCC(CC)(CBr)CNS(=O)(=O)N1CCC(C)CC1. The van der Waals surface area contributed by atoms with E-state index in [9.17, 15) is 8.42 Å². The average molecular weight is 355 g/mol. The van der Waals surface area contributed by atoms with Crippen LogP contribution < -0.4 is 4.72 Å². The van der Waals surface area contributed by atoms with Crippen molar-refractivity contribution < 1.29 is 8.42 Å². The Kier molecular flexibility index (Phi) is 6.76. The van der Waals surface area contributed by atoms with Crippen LogP contribution in [-0.4, -0.2) is 37.7 Å². The van der Waals surface area contributed by atoms with Gasteiger partial charge in [0, 0.05) is 25.0 Å². The zero-order valence-electron chi connectivity index (χ0n) is 12.3. The summed E-state index contributed by atoms with van der Waals surface area (Å²) in [6, 6.07) is 0. The number of piperidine rings is 1. The number of rotatable bonds is 7. The minimum atomic E-state index is -3.31. The van der Waals surface area contributed by atoms with Crippen molar-refractivity contribution in [2.24, 2.45) is 11.3 Å². The Labute approximate surface area is 126 Å². The lowest BCUT2D eigenvalue weighted by atomic mass is 9.85. The summed E-state index contributed by atoms with van der Waals surface area (Å²) in [7, 11) is -3.31. The average Bonchev–Trinajstić information content (AvgIpc) is 2.41. The maximum Gasteiger partial charge on any atom is 0.279 e. The normalized spacial score (nSPS) is 19.8. The molecule has 0 aromatic heterocycles. The van der Waals surface area contributed by atoms with Gasteiger partial charge in [-0.1, -0.05) is 36.7 Å². The van der Waals surface area contributed by atoms with Gasteiger partial charge < -0.3 is 0 Å². The molecule has 0 saturated carbocycles. The van der Waals surface area contributed by atoms with E-state index in [4.69, 9.17) is 0 Å². The van der Waals surface area contributed by atoms with Crippen LogP contribution in [-0.2, 0) is 10.2 Å². The van der Waals surface area contributed by atoms with Crippen LogP contribution in [0.5, 0.6) is 0 Å². The summed E-state index contributed by atoms with van der Waals surface area (Å²) in [5, 5.41) is 0.826. The van der Waals surface area contributed by atoms with Gasteiger partial charge in [0.1, 0.15) is 0 Å². The molecule has 6 heteroatoms. The number of halogens is 1. The smallest absolute Gasteiger partial charge is 0.202 e. The largest absolute Gasteiger partial charge is 0.279 e. The molecule has 0 unspecified atom stereocenters. The summed E-state index contributed by atoms with van der Waals surface area (Å²) in [5.41, 5.74) is 0.0240. The van der Waals surface area contributed by atoms with Gasteiger partial charge in [-0.25, -0.2) is 4.72 Å². The van der Waals surface area contributed by atoms with Crippen molar-refractivity contribution in [1.82, 2.24) is 9.03 Å². The van der Waals surface area contributed by atoms with E-state index in [0.29, 0.717) is 25.6 Å². The summed E-state index contributed by atoms with van der Waals surface area (Å²) in [5.74, 6) is 0.638. The van der Waals surface area contributed by atoms with Gasteiger partial charge in [-0.2, -0.15) is 12.7 Å². The van der Waals surface area contributed by atoms with Gasteiger partial charge in [-0.15, -0.1) is 0 Å². The molecule has 1 aliphatic rings. The zero-order chi connectivity index (χ0) is 14.5. The Balaban J connectivity index is 2.60. The van der Waals surface area contributed by atoms with Gasteiger partial charge >= 0.3 is 0 Å². The first-order valence-corrected chi connectivity index (χ1v) is 9.76. The van der Waals surface area contributed by atoms with Crippen molar-refractivity contribution in [2.45, 2.75) is 46.5 Å². The second kappa shape index (κ2) is 7.38. The predicted octanol–water partition coefficient (Wildman–Crippen LogP) is 2.75. The fourth-order valence-corrected chi connectivity index (χ4v) is 4.65. The lowest BCUT2D eigenvalue weighted by Gasteiger charge is -2.33. The van der Waals surface area contributed by atoms with E-state index >= 15 is 0 Å². The molecule has 0 spiro atoms. The van der Waals surface area contributed by atoms with Crippen LogP contribution in [0.4, 0.5) is 0 Å². The quantitative estimate of drug-likeness (QED) is 0.714. The zero-order valence-corrected chi connectivity index (χ0v) is 14.7. The van der Waals surface area contributed by atoms with Crippen LogP contribution in [0.1, 0.15) is 46.5 Å². The van der Waals surface area contributed by atoms with Crippen LogP contribution in [0.25, 0.3) is 0 Å². The molecular formula is C13H27BrN2O2S. The Bertz CT molecular complexity index is 353. The molecule has 0 bridgehead atoms. The third-order valence-electron chi connectivity index (χ3n) is 4.50. The molecule has 0 aliphatic carbocycles. The standard InChI is InChI=1S/C13H27BrN2O2S/c1-4-13(5-2,10-14)11-15-19(17,18)16-8-6-12(3)7-9-16/h12,15H,4-11H2,1-3H3. The highest BCUT2D eigenvalue weighted by molar-refractivity contribution is 9.09. The first-order chi connectivity index (χ1) is 8.89.